The van der Waals surface area contributed by atoms with Gasteiger partial charge in [0, 0.05) is 18.6 Å². The molecule has 1 aliphatic carbocycles. The van der Waals surface area contributed by atoms with Crippen LogP contribution in [0.25, 0.3) is 0 Å². The van der Waals surface area contributed by atoms with E-state index in [4.69, 9.17) is 5.73 Å². The van der Waals surface area contributed by atoms with Crippen molar-refractivity contribution in [3.63, 3.8) is 0 Å². The molecule has 0 radical (unpaired) electrons. The van der Waals surface area contributed by atoms with Crippen LogP contribution in [-0.2, 0) is 9.84 Å². The van der Waals surface area contributed by atoms with Crippen LogP contribution in [0.2, 0.25) is 0 Å². The van der Waals surface area contributed by atoms with Crippen molar-refractivity contribution >= 4 is 9.84 Å². The van der Waals surface area contributed by atoms with E-state index >= 15 is 0 Å². The summed E-state index contributed by atoms with van der Waals surface area (Å²) in [7, 11) is -2.81. The summed E-state index contributed by atoms with van der Waals surface area (Å²) >= 11 is 0. The summed E-state index contributed by atoms with van der Waals surface area (Å²) in [6.45, 7) is 4.94. The Balaban J connectivity index is 2.07. The maximum absolute atomic E-state index is 11.6. The Morgan fingerprint density at radius 3 is 2.33 bits per heavy atom. The summed E-state index contributed by atoms with van der Waals surface area (Å²) in [6, 6.07) is 0. The summed E-state index contributed by atoms with van der Waals surface area (Å²) in [5.74, 6) is 1.46. The molecule has 0 aromatic rings. The molecule has 1 saturated heterocycles. The second-order valence-electron chi connectivity index (χ2n) is 5.97. The Kier molecular flexibility index (Phi) is 4.34. The highest BCUT2D eigenvalue weighted by Gasteiger charge is 2.42. The van der Waals surface area contributed by atoms with Crippen LogP contribution in [0.4, 0.5) is 0 Å². The fraction of sp³-hybridized carbons (Fsp3) is 1.00. The average molecular weight is 274 g/mol. The van der Waals surface area contributed by atoms with Crippen LogP contribution in [0, 0.1) is 5.92 Å². The predicted molar refractivity (Wildman–Crippen MR) is 74.3 cm³/mol. The molecule has 2 fully saturated rings. The number of rotatable bonds is 6. The first kappa shape index (κ1) is 14.3. The standard InChI is InChI=1S/C13H26N2O2S/c1-2-7-15(10-12-3-4-12)13(11-14)5-8-18(16,17)9-6-13/h12H,2-11,14H2,1H3. The molecule has 0 aromatic carbocycles. The molecule has 0 atom stereocenters. The number of nitrogens with two attached hydrogens (primary N) is 1. The Bertz CT molecular complexity index is 362. The molecule has 2 aliphatic rings. The topological polar surface area (TPSA) is 63.4 Å². The maximum Gasteiger partial charge on any atom is 0.150 e. The first-order chi connectivity index (χ1) is 8.51. The van der Waals surface area contributed by atoms with Gasteiger partial charge in [0.1, 0.15) is 9.84 Å². The fourth-order valence-corrected chi connectivity index (χ4v) is 4.56. The third kappa shape index (κ3) is 3.25. The van der Waals surface area contributed by atoms with Crippen LogP contribution in [0.1, 0.15) is 39.0 Å². The molecule has 106 valence electrons. The van der Waals surface area contributed by atoms with E-state index in [-0.39, 0.29) is 5.54 Å². The maximum atomic E-state index is 11.6. The van der Waals surface area contributed by atoms with Crippen molar-refractivity contribution in [3.05, 3.63) is 0 Å². The highest BCUT2D eigenvalue weighted by molar-refractivity contribution is 7.91. The molecule has 18 heavy (non-hydrogen) atoms. The molecule has 0 spiro atoms. The van der Waals surface area contributed by atoms with E-state index in [1.54, 1.807) is 0 Å². The van der Waals surface area contributed by atoms with Gasteiger partial charge in [0.2, 0.25) is 0 Å². The van der Waals surface area contributed by atoms with Crippen molar-refractivity contribution in [2.45, 2.75) is 44.6 Å². The van der Waals surface area contributed by atoms with E-state index in [1.807, 2.05) is 0 Å². The molecule has 2 rings (SSSR count). The van der Waals surface area contributed by atoms with Crippen molar-refractivity contribution in [3.8, 4) is 0 Å². The van der Waals surface area contributed by atoms with Gasteiger partial charge in [-0.15, -0.1) is 0 Å². The summed E-state index contributed by atoms with van der Waals surface area (Å²) in [5, 5.41) is 0. The molecular weight excluding hydrogens is 248 g/mol. The second-order valence-corrected chi connectivity index (χ2v) is 8.27. The molecule has 0 amide bonds. The zero-order valence-corrected chi connectivity index (χ0v) is 12.2. The molecular formula is C13H26N2O2S. The molecule has 1 aliphatic heterocycles. The number of hydrogen-bond donors (Lipinski definition) is 1. The molecule has 2 N–H and O–H groups in total. The first-order valence-electron chi connectivity index (χ1n) is 7.17. The van der Waals surface area contributed by atoms with Gasteiger partial charge in [-0.1, -0.05) is 6.92 Å². The Labute approximate surface area is 111 Å². The van der Waals surface area contributed by atoms with Gasteiger partial charge in [-0.25, -0.2) is 8.42 Å². The van der Waals surface area contributed by atoms with E-state index in [1.165, 1.54) is 12.8 Å². The SMILES string of the molecule is CCCN(CC1CC1)C1(CN)CCS(=O)(=O)CC1. The molecule has 4 nitrogen and oxygen atoms in total. The van der Waals surface area contributed by atoms with Crippen LogP contribution in [0.3, 0.4) is 0 Å². The van der Waals surface area contributed by atoms with Crippen molar-refractivity contribution in [2.75, 3.05) is 31.1 Å². The molecule has 0 aromatic heterocycles. The zero-order chi connectivity index (χ0) is 13.2. The number of sulfone groups is 1. The van der Waals surface area contributed by atoms with Crippen molar-refractivity contribution < 1.29 is 8.42 Å². The van der Waals surface area contributed by atoms with Crippen LogP contribution < -0.4 is 5.73 Å². The lowest BCUT2D eigenvalue weighted by Crippen LogP contribution is -2.58. The van der Waals surface area contributed by atoms with Gasteiger partial charge in [0.15, 0.2) is 0 Å². The quantitative estimate of drug-likeness (QED) is 0.785. The summed E-state index contributed by atoms with van der Waals surface area (Å²) in [5.41, 5.74) is 5.97. The highest BCUT2D eigenvalue weighted by Crippen LogP contribution is 2.35. The van der Waals surface area contributed by atoms with E-state index in [2.05, 4.69) is 11.8 Å². The Morgan fingerprint density at radius 1 is 1.28 bits per heavy atom. The Hall–Kier alpha value is -0.130. The van der Waals surface area contributed by atoms with Gasteiger partial charge in [0.25, 0.3) is 0 Å². The van der Waals surface area contributed by atoms with Gasteiger partial charge in [-0.2, -0.15) is 0 Å². The minimum absolute atomic E-state index is 0.0517. The van der Waals surface area contributed by atoms with Crippen LogP contribution in [0.5, 0.6) is 0 Å². The normalized spacial score (nSPS) is 26.4. The molecule has 5 heteroatoms. The smallest absolute Gasteiger partial charge is 0.150 e. The molecule has 0 unspecified atom stereocenters. The van der Waals surface area contributed by atoms with E-state index < -0.39 is 9.84 Å². The van der Waals surface area contributed by atoms with Crippen LogP contribution >= 0.6 is 0 Å². The van der Waals surface area contributed by atoms with Gasteiger partial charge in [0.05, 0.1) is 11.5 Å². The van der Waals surface area contributed by atoms with Gasteiger partial charge in [-0.05, 0) is 44.6 Å². The zero-order valence-electron chi connectivity index (χ0n) is 11.4. The lowest BCUT2D eigenvalue weighted by atomic mass is 9.89. The van der Waals surface area contributed by atoms with E-state index in [9.17, 15) is 8.42 Å². The monoisotopic (exact) mass is 274 g/mol. The molecule has 1 heterocycles. The molecule has 1 saturated carbocycles. The number of nitrogens with zero attached hydrogens (tertiary/aromatic N) is 1. The van der Waals surface area contributed by atoms with Gasteiger partial charge < -0.3 is 5.73 Å². The second kappa shape index (κ2) is 5.47. The van der Waals surface area contributed by atoms with E-state index in [0.29, 0.717) is 18.1 Å². The molecule has 0 bridgehead atoms. The van der Waals surface area contributed by atoms with Crippen molar-refractivity contribution in [1.29, 1.82) is 0 Å². The van der Waals surface area contributed by atoms with Crippen molar-refractivity contribution in [1.82, 2.24) is 4.90 Å². The summed E-state index contributed by atoms with van der Waals surface area (Å²) in [6.07, 6.45) is 5.22. The van der Waals surface area contributed by atoms with Crippen LogP contribution in [-0.4, -0.2) is 50.0 Å². The van der Waals surface area contributed by atoms with E-state index in [0.717, 1.165) is 38.3 Å². The highest BCUT2D eigenvalue weighted by atomic mass is 32.2. The summed E-state index contributed by atoms with van der Waals surface area (Å²) < 4.78 is 23.2. The Morgan fingerprint density at radius 2 is 1.89 bits per heavy atom. The minimum Gasteiger partial charge on any atom is -0.329 e. The average Bonchev–Trinajstić information content (AvgIpc) is 3.14. The van der Waals surface area contributed by atoms with Gasteiger partial charge >= 0.3 is 0 Å². The summed E-state index contributed by atoms with van der Waals surface area (Å²) in [4.78, 5) is 2.50. The fourth-order valence-electron chi connectivity index (χ4n) is 2.97. The van der Waals surface area contributed by atoms with Crippen molar-refractivity contribution in [2.24, 2.45) is 11.7 Å². The number of hydrogen-bond acceptors (Lipinski definition) is 4. The van der Waals surface area contributed by atoms with Crippen LogP contribution in [0.15, 0.2) is 0 Å². The van der Waals surface area contributed by atoms with Gasteiger partial charge in [-0.3, -0.25) is 4.90 Å². The third-order valence-electron chi connectivity index (χ3n) is 4.48. The lowest BCUT2D eigenvalue weighted by Gasteiger charge is -2.46. The minimum atomic E-state index is -2.81. The third-order valence-corrected chi connectivity index (χ3v) is 6.13. The largest absolute Gasteiger partial charge is 0.329 e. The predicted octanol–water partition coefficient (Wildman–Crippen LogP) is 1.01. The first-order valence-corrected chi connectivity index (χ1v) is 8.99. The lowest BCUT2D eigenvalue weighted by molar-refractivity contribution is 0.0775.